The van der Waals surface area contributed by atoms with Crippen LogP contribution in [0.15, 0.2) is 24.3 Å². The Balaban J connectivity index is 1.85. The van der Waals surface area contributed by atoms with Gasteiger partial charge in [-0.15, -0.1) is 0 Å². The number of carbonyl (C=O) groups excluding carboxylic acids is 3. The zero-order chi connectivity index (χ0) is 19.1. The minimum atomic E-state index is -0.483. The van der Waals surface area contributed by atoms with Crippen LogP contribution in [0, 0.1) is 0 Å². The highest BCUT2D eigenvalue weighted by atomic mass is 16.5. The van der Waals surface area contributed by atoms with Gasteiger partial charge in [0.25, 0.3) is 0 Å². The van der Waals surface area contributed by atoms with Crippen LogP contribution >= 0.6 is 0 Å². The van der Waals surface area contributed by atoms with Gasteiger partial charge < -0.3 is 15.0 Å². The topological polar surface area (TPSA) is 91.0 Å². The number of carbonyl (C=O) groups is 3. The fourth-order valence-corrected chi connectivity index (χ4v) is 2.98. The summed E-state index contributed by atoms with van der Waals surface area (Å²) in [4.78, 5) is 38.8. The fraction of sp³-hybridized carbons (Fsp3) is 0.500. The molecule has 1 heterocycles. The first kappa shape index (κ1) is 19.7. The third kappa shape index (κ3) is 5.19. The van der Waals surface area contributed by atoms with E-state index < -0.39 is 6.03 Å². The second-order valence-electron chi connectivity index (χ2n) is 6.25. The van der Waals surface area contributed by atoms with Crippen molar-refractivity contribution in [3.05, 3.63) is 29.8 Å². The van der Waals surface area contributed by atoms with E-state index in [1.807, 2.05) is 12.1 Å². The number of hydrogen-bond donors (Lipinski definition) is 2. The SMILES string of the molecule is CNC(=O)NC(=O)CCN1CCN(c2ccc(C(=O)OC)cc2)C[C@H]1C. The molecule has 0 radical (unpaired) electrons. The fourth-order valence-electron chi connectivity index (χ4n) is 2.98. The lowest BCUT2D eigenvalue weighted by Gasteiger charge is -2.41. The number of amides is 3. The number of hydrogen-bond acceptors (Lipinski definition) is 6. The van der Waals surface area contributed by atoms with Crippen molar-refractivity contribution < 1.29 is 19.1 Å². The number of esters is 1. The largest absolute Gasteiger partial charge is 0.465 e. The molecule has 1 atom stereocenters. The average Bonchev–Trinajstić information content (AvgIpc) is 2.66. The Hall–Kier alpha value is -2.61. The van der Waals surface area contributed by atoms with Crippen LogP contribution < -0.4 is 15.5 Å². The number of urea groups is 1. The average molecular weight is 362 g/mol. The quantitative estimate of drug-likeness (QED) is 0.754. The predicted octanol–water partition coefficient (Wildman–Crippen LogP) is 0.829. The number of piperazine rings is 1. The maximum atomic E-state index is 11.7. The minimum Gasteiger partial charge on any atom is -0.465 e. The lowest BCUT2D eigenvalue weighted by Crippen LogP contribution is -2.52. The Morgan fingerprint density at radius 1 is 1.19 bits per heavy atom. The van der Waals surface area contributed by atoms with Crippen LogP contribution in [-0.2, 0) is 9.53 Å². The molecule has 0 aliphatic carbocycles. The molecule has 0 saturated carbocycles. The molecule has 2 N–H and O–H groups in total. The number of methoxy groups -OCH3 is 1. The maximum absolute atomic E-state index is 11.7. The van der Waals surface area contributed by atoms with E-state index in [0.29, 0.717) is 12.1 Å². The smallest absolute Gasteiger partial charge is 0.337 e. The number of ether oxygens (including phenoxy) is 1. The summed E-state index contributed by atoms with van der Waals surface area (Å²) < 4.78 is 4.71. The molecule has 1 aliphatic rings. The van der Waals surface area contributed by atoms with Crippen molar-refractivity contribution in [1.82, 2.24) is 15.5 Å². The van der Waals surface area contributed by atoms with Gasteiger partial charge in [-0.05, 0) is 31.2 Å². The first-order chi connectivity index (χ1) is 12.4. The van der Waals surface area contributed by atoms with E-state index in [0.717, 1.165) is 25.3 Å². The third-order valence-corrected chi connectivity index (χ3v) is 4.52. The van der Waals surface area contributed by atoms with Crippen molar-refractivity contribution in [2.45, 2.75) is 19.4 Å². The van der Waals surface area contributed by atoms with Crippen molar-refractivity contribution >= 4 is 23.6 Å². The molecular weight excluding hydrogens is 336 g/mol. The number of imide groups is 1. The van der Waals surface area contributed by atoms with Crippen LogP contribution in [0.5, 0.6) is 0 Å². The van der Waals surface area contributed by atoms with Gasteiger partial charge in [-0.25, -0.2) is 9.59 Å². The maximum Gasteiger partial charge on any atom is 0.337 e. The van der Waals surface area contributed by atoms with Crippen molar-refractivity contribution in [2.75, 3.05) is 45.2 Å². The summed E-state index contributed by atoms with van der Waals surface area (Å²) in [6.45, 7) is 5.21. The van der Waals surface area contributed by atoms with Crippen LogP contribution in [0.25, 0.3) is 0 Å². The number of benzene rings is 1. The van der Waals surface area contributed by atoms with Gasteiger partial charge in [0.15, 0.2) is 0 Å². The van der Waals surface area contributed by atoms with Gasteiger partial charge >= 0.3 is 12.0 Å². The van der Waals surface area contributed by atoms with Crippen LogP contribution in [-0.4, -0.2) is 69.2 Å². The van der Waals surface area contributed by atoms with Crippen molar-refractivity contribution in [3.63, 3.8) is 0 Å². The van der Waals surface area contributed by atoms with E-state index in [4.69, 9.17) is 4.74 Å². The second-order valence-corrected chi connectivity index (χ2v) is 6.25. The summed E-state index contributed by atoms with van der Waals surface area (Å²) in [5, 5.41) is 4.64. The summed E-state index contributed by atoms with van der Waals surface area (Å²) in [5.74, 6) is -0.623. The highest BCUT2D eigenvalue weighted by Gasteiger charge is 2.24. The van der Waals surface area contributed by atoms with Crippen molar-refractivity contribution in [1.29, 1.82) is 0 Å². The van der Waals surface area contributed by atoms with Gasteiger partial charge in [-0.1, -0.05) is 0 Å². The summed E-state index contributed by atoms with van der Waals surface area (Å²) in [5.41, 5.74) is 1.59. The van der Waals surface area contributed by atoms with Crippen molar-refractivity contribution in [2.24, 2.45) is 0 Å². The molecule has 0 bridgehead atoms. The second kappa shape index (κ2) is 9.19. The summed E-state index contributed by atoms with van der Waals surface area (Å²) >= 11 is 0. The molecule has 8 nitrogen and oxygen atoms in total. The van der Waals surface area contributed by atoms with Gasteiger partial charge in [0.1, 0.15) is 0 Å². The Labute approximate surface area is 153 Å². The van der Waals surface area contributed by atoms with Crippen molar-refractivity contribution in [3.8, 4) is 0 Å². The molecule has 8 heteroatoms. The van der Waals surface area contributed by atoms with E-state index in [9.17, 15) is 14.4 Å². The Morgan fingerprint density at radius 2 is 1.88 bits per heavy atom. The Morgan fingerprint density at radius 3 is 2.46 bits per heavy atom. The Kier molecular flexibility index (Phi) is 6.97. The first-order valence-corrected chi connectivity index (χ1v) is 8.63. The molecule has 1 aromatic carbocycles. The van der Waals surface area contributed by atoms with Gasteiger partial charge in [0.2, 0.25) is 5.91 Å². The van der Waals surface area contributed by atoms with Gasteiger partial charge in [0, 0.05) is 51.4 Å². The van der Waals surface area contributed by atoms with Gasteiger partial charge in [0.05, 0.1) is 12.7 Å². The number of anilines is 1. The zero-order valence-electron chi connectivity index (χ0n) is 15.4. The molecule has 0 aromatic heterocycles. The van der Waals surface area contributed by atoms with E-state index in [1.165, 1.54) is 14.2 Å². The number of rotatable bonds is 5. The minimum absolute atomic E-state index is 0.275. The van der Waals surface area contributed by atoms with E-state index in [-0.39, 0.29) is 24.3 Å². The first-order valence-electron chi connectivity index (χ1n) is 8.63. The van der Waals surface area contributed by atoms with Crippen LogP contribution in [0.4, 0.5) is 10.5 Å². The molecular formula is C18H26N4O4. The van der Waals surface area contributed by atoms with Gasteiger partial charge in [-0.3, -0.25) is 15.0 Å². The highest BCUT2D eigenvalue weighted by molar-refractivity contribution is 5.94. The molecule has 1 saturated heterocycles. The monoisotopic (exact) mass is 362 g/mol. The molecule has 1 aliphatic heterocycles. The Bertz CT molecular complexity index is 647. The standard InChI is InChI=1S/C18H26N4O4/c1-13-12-22(15-6-4-14(5-7-15)17(24)26-3)11-10-21(13)9-8-16(23)20-18(25)19-2/h4-7,13H,8-12H2,1-3H3,(H2,19,20,23,25)/t13-/m1/s1. The molecule has 3 amide bonds. The highest BCUT2D eigenvalue weighted by Crippen LogP contribution is 2.20. The lowest BCUT2D eigenvalue weighted by molar-refractivity contribution is -0.120. The van der Waals surface area contributed by atoms with Crippen LogP contribution in [0.3, 0.4) is 0 Å². The summed E-state index contributed by atoms with van der Waals surface area (Å²) in [6.07, 6.45) is 0.283. The predicted molar refractivity (Wildman–Crippen MR) is 98.2 cm³/mol. The molecule has 1 aromatic rings. The number of nitrogens with one attached hydrogen (secondary N) is 2. The van der Waals surface area contributed by atoms with E-state index >= 15 is 0 Å². The van der Waals surface area contributed by atoms with E-state index in [1.54, 1.807) is 12.1 Å². The molecule has 142 valence electrons. The van der Waals surface area contributed by atoms with Crippen LogP contribution in [0.2, 0.25) is 0 Å². The third-order valence-electron chi connectivity index (χ3n) is 4.52. The molecule has 0 unspecified atom stereocenters. The zero-order valence-corrected chi connectivity index (χ0v) is 15.4. The van der Waals surface area contributed by atoms with Crippen LogP contribution in [0.1, 0.15) is 23.7 Å². The molecule has 1 fully saturated rings. The molecule has 0 spiro atoms. The number of nitrogens with zero attached hydrogens (tertiary/aromatic N) is 2. The normalized spacial score (nSPS) is 17.5. The lowest BCUT2D eigenvalue weighted by atomic mass is 10.1. The molecule has 2 rings (SSSR count). The van der Waals surface area contributed by atoms with E-state index in [2.05, 4.69) is 27.4 Å². The summed E-state index contributed by atoms with van der Waals surface area (Å²) in [6, 6.07) is 7.17. The summed E-state index contributed by atoms with van der Waals surface area (Å²) in [7, 11) is 2.84. The molecule has 26 heavy (non-hydrogen) atoms. The van der Waals surface area contributed by atoms with Gasteiger partial charge in [-0.2, -0.15) is 0 Å².